The van der Waals surface area contributed by atoms with Crippen molar-refractivity contribution in [3.8, 4) is 17.2 Å². The predicted octanol–water partition coefficient (Wildman–Crippen LogP) is 4.55. The highest BCUT2D eigenvalue weighted by Gasteiger charge is 1.99. The molecule has 0 spiro atoms. The lowest BCUT2D eigenvalue weighted by Gasteiger charge is -2.10. The van der Waals surface area contributed by atoms with E-state index in [0.29, 0.717) is 19.8 Å². The molecule has 0 bridgehead atoms. The van der Waals surface area contributed by atoms with Crippen molar-refractivity contribution in [3.05, 3.63) is 53.6 Å². The summed E-state index contributed by atoms with van der Waals surface area (Å²) in [6.07, 6.45) is 0.839. The van der Waals surface area contributed by atoms with Crippen LogP contribution in [0.25, 0.3) is 0 Å². The van der Waals surface area contributed by atoms with Crippen molar-refractivity contribution >= 4 is 0 Å². The van der Waals surface area contributed by atoms with Gasteiger partial charge < -0.3 is 14.2 Å². The molecule has 0 amide bonds. The quantitative estimate of drug-likeness (QED) is 0.669. The molecule has 2 aromatic rings. The summed E-state index contributed by atoms with van der Waals surface area (Å²) in [5, 5.41) is 0. The summed E-state index contributed by atoms with van der Waals surface area (Å²) >= 11 is 0. The van der Waals surface area contributed by atoms with Gasteiger partial charge in [-0.15, -0.1) is 0 Å². The van der Waals surface area contributed by atoms with Crippen LogP contribution in [0.2, 0.25) is 0 Å². The first-order valence-electron chi connectivity index (χ1n) is 7.74. The summed E-state index contributed by atoms with van der Waals surface area (Å²) in [5.74, 6) is 2.60. The average Bonchev–Trinajstić information content (AvgIpc) is 2.47. The van der Waals surface area contributed by atoms with Crippen molar-refractivity contribution in [1.29, 1.82) is 0 Å². The number of rotatable bonds is 8. The Hall–Kier alpha value is -2.16. The second kappa shape index (κ2) is 8.32. The summed E-state index contributed by atoms with van der Waals surface area (Å²) in [5.41, 5.74) is 2.44. The van der Waals surface area contributed by atoms with Gasteiger partial charge in [-0.25, -0.2) is 0 Å². The molecule has 2 aromatic carbocycles. The lowest BCUT2D eigenvalue weighted by molar-refractivity contribution is 0.246. The van der Waals surface area contributed by atoms with E-state index < -0.39 is 0 Å². The monoisotopic (exact) mass is 300 g/mol. The van der Waals surface area contributed by atoms with Gasteiger partial charge in [0.25, 0.3) is 0 Å². The Kier molecular flexibility index (Phi) is 6.13. The van der Waals surface area contributed by atoms with Crippen LogP contribution in [0.3, 0.4) is 0 Å². The van der Waals surface area contributed by atoms with Gasteiger partial charge in [-0.2, -0.15) is 0 Å². The molecule has 0 unspecified atom stereocenters. The third-order valence-electron chi connectivity index (χ3n) is 3.14. The van der Waals surface area contributed by atoms with Gasteiger partial charge in [0, 0.05) is 12.5 Å². The largest absolute Gasteiger partial charge is 0.494 e. The number of benzene rings is 2. The van der Waals surface area contributed by atoms with Crippen molar-refractivity contribution < 1.29 is 14.2 Å². The molecule has 22 heavy (non-hydrogen) atoms. The standard InChI is InChI=1S/C19H24O3/c1-4-20-17-7-5-8-18(14-17)21-9-6-10-22-19-12-15(2)11-16(3)13-19/h5,7-8,11-14H,4,6,9-10H2,1-3H3. The van der Waals surface area contributed by atoms with Crippen molar-refractivity contribution in [3.63, 3.8) is 0 Å². The second-order valence-corrected chi connectivity index (χ2v) is 5.28. The van der Waals surface area contributed by atoms with Crippen molar-refractivity contribution in [1.82, 2.24) is 0 Å². The normalized spacial score (nSPS) is 10.3. The molecule has 0 fully saturated rings. The van der Waals surface area contributed by atoms with E-state index in [1.807, 2.05) is 31.2 Å². The SMILES string of the molecule is CCOc1cccc(OCCCOc2cc(C)cc(C)c2)c1. The van der Waals surface area contributed by atoms with Gasteiger partial charge in [0.15, 0.2) is 0 Å². The van der Waals surface area contributed by atoms with Crippen molar-refractivity contribution in [2.75, 3.05) is 19.8 Å². The Morgan fingerprint density at radius 2 is 1.32 bits per heavy atom. The van der Waals surface area contributed by atoms with Gasteiger partial charge >= 0.3 is 0 Å². The highest BCUT2D eigenvalue weighted by molar-refractivity contribution is 5.33. The van der Waals surface area contributed by atoms with Crippen LogP contribution in [0.1, 0.15) is 24.5 Å². The zero-order valence-electron chi connectivity index (χ0n) is 13.6. The Bertz CT molecular complexity index is 573. The van der Waals surface area contributed by atoms with E-state index in [2.05, 4.69) is 32.0 Å². The van der Waals surface area contributed by atoms with E-state index in [1.165, 1.54) is 11.1 Å². The second-order valence-electron chi connectivity index (χ2n) is 5.28. The van der Waals surface area contributed by atoms with Crippen LogP contribution in [0, 0.1) is 13.8 Å². The fourth-order valence-corrected chi connectivity index (χ4v) is 2.28. The molecule has 3 heteroatoms. The number of hydrogen-bond acceptors (Lipinski definition) is 3. The highest BCUT2D eigenvalue weighted by atomic mass is 16.5. The van der Waals surface area contributed by atoms with E-state index in [4.69, 9.17) is 14.2 Å². The van der Waals surface area contributed by atoms with Crippen molar-refractivity contribution in [2.24, 2.45) is 0 Å². The third-order valence-corrected chi connectivity index (χ3v) is 3.14. The maximum Gasteiger partial charge on any atom is 0.122 e. The van der Waals surface area contributed by atoms with Gasteiger partial charge in [-0.3, -0.25) is 0 Å². The molecule has 2 rings (SSSR count). The van der Waals surface area contributed by atoms with Crippen LogP contribution < -0.4 is 14.2 Å². The molecular weight excluding hydrogens is 276 g/mol. The van der Waals surface area contributed by atoms with Crippen molar-refractivity contribution in [2.45, 2.75) is 27.2 Å². The molecule has 118 valence electrons. The molecule has 0 saturated heterocycles. The summed E-state index contributed by atoms with van der Waals surface area (Å²) in [6, 6.07) is 14.0. The first-order chi connectivity index (χ1) is 10.7. The van der Waals surface area contributed by atoms with Gasteiger partial charge in [0.05, 0.1) is 19.8 Å². The minimum absolute atomic E-state index is 0.625. The summed E-state index contributed by atoms with van der Waals surface area (Å²) < 4.78 is 16.9. The highest BCUT2D eigenvalue weighted by Crippen LogP contribution is 2.20. The molecule has 0 saturated carbocycles. The topological polar surface area (TPSA) is 27.7 Å². The fourth-order valence-electron chi connectivity index (χ4n) is 2.28. The molecule has 0 aromatic heterocycles. The molecule has 3 nitrogen and oxygen atoms in total. The molecule has 0 radical (unpaired) electrons. The number of aryl methyl sites for hydroxylation is 2. The molecule has 0 aliphatic heterocycles. The fraction of sp³-hybridized carbons (Fsp3) is 0.368. The predicted molar refractivity (Wildman–Crippen MR) is 89.1 cm³/mol. The van der Waals surface area contributed by atoms with E-state index in [0.717, 1.165) is 23.7 Å². The van der Waals surface area contributed by atoms with Crippen LogP contribution in [0.5, 0.6) is 17.2 Å². The van der Waals surface area contributed by atoms with Gasteiger partial charge in [0.1, 0.15) is 17.2 Å². The maximum atomic E-state index is 5.76. The van der Waals surface area contributed by atoms with Crippen LogP contribution in [-0.4, -0.2) is 19.8 Å². The first kappa shape index (κ1) is 16.2. The Labute approximate surface area is 132 Å². The van der Waals surface area contributed by atoms with E-state index in [9.17, 15) is 0 Å². The smallest absolute Gasteiger partial charge is 0.122 e. The zero-order valence-corrected chi connectivity index (χ0v) is 13.6. The number of ether oxygens (including phenoxy) is 3. The van der Waals surface area contributed by atoms with Crippen LogP contribution in [-0.2, 0) is 0 Å². The van der Waals surface area contributed by atoms with Crippen LogP contribution in [0.15, 0.2) is 42.5 Å². The Morgan fingerprint density at radius 1 is 0.727 bits per heavy atom. The number of hydrogen-bond donors (Lipinski definition) is 0. The lowest BCUT2D eigenvalue weighted by atomic mass is 10.1. The molecule has 0 atom stereocenters. The van der Waals surface area contributed by atoms with Crippen LogP contribution in [0.4, 0.5) is 0 Å². The first-order valence-corrected chi connectivity index (χ1v) is 7.74. The van der Waals surface area contributed by atoms with E-state index in [1.54, 1.807) is 0 Å². The lowest BCUT2D eigenvalue weighted by Crippen LogP contribution is -2.05. The third kappa shape index (κ3) is 5.32. The molecular formula is C19H24O3. The van der Waals surface area contributed by atoms with Gasteiger partial charge in [-0.05, 0) is 56.2 Å². The maximum absolute atomic E-state index is 5.76. The minimum atomic E-state index is 0.625. The minimum Gasteiger partial charge on any atom is -0.494 e. The van der Waals surface area contributed by atoms with Gasteiger partial charge in [0.2, 0.25) is 0 Å². The molecule has 0 aliphatic carbocycles. The molecule has 0 heterocycles. The summed E-state index contributed by atoms with van der Waals surface area (Å²) in [6.45, 7) is 8.06. The zero-order chi connectivity index (χ0) is 15.8. The van der Waals surface area contributed by atoms with E-state index in [-0.39, 0.29) is 0 Å². The average molecular weight is 300 g/mol. The molecule has 0 aliphatic rings. The summed E-state index contributed by atoms with van der Waals surface area (Å²) in [4.78, 5) is 0. The summed E-state index contributed by atoms with van der Waals surface area (Å²) in [7, 11) is 0. The Balaban J connectivity index is 1.72. The Morgan fingerprint density at radius 3 is 1.95 bits per heavy atom. The van der Waals surface area contributed by atoms with Crippen LogP contribution >= 0.6 is 0 Å². The van der Waals surface area contributed by atoms with Gasteiger partial charge in [-0.1, -0.05) is 12.1 Å². The molecule has 0 N–H and O–H groups in total. The van der Waals surface area contributed by atoms with E-state index >= 15 is 0 Å².